The van der Waals surface area contributed by atoms with Crippen LogP contribution in [0.3, 0.4) is 0 Å². The largest absolute Gasteiger partial charge is 0.494 e. The lowest BCUT2D eigenvalue weighted by atomic mass is 10.0. The predicted octanol–water partition coefficient (Wildman–Crippen LogP) is 5.26. The number of benzene rings is 2. The molecule has 0 aliphatic carbocycles. The third-order valence-electron chi connectivity index (χ3n) is 4.13. The van der Waals surface area contributed by atoms with Crippen molar-refractivity contribution >= 4 is 5.97 Å². The minimum absolute atomic E-state index is 0.301. The lowest BCUT2D eigenvalue weighted by molar-refractivity contribution is 0.0697. The number of hydrogen-bond acceptors (Lipinski definition) is 2. The third-order valence-corrected chi connectivity index (χ3v) is 4.13. The minimum atomic E-state index is -0.905. The zero-order valence-electron chi connectivity index (χ0n) is 13.8. The molecule has 2 aromatic rings. The first-order valence-corrected chi connectivity index (χ1v) is 8.16. The Morgan fingerprint density at radius 1 is 1.04 bits per heavy atom. The number of carboxylic acid groups (broad SMARTS) is 1. The van der Waals surface area contributed by atoms with Crippen LogP contribution in [-0.2, 0) is 0 Å². The quantitative estimate of drug-likeness (QED) is 0.677. The number of rotatable bonds is 8. The van der Waals surface area contributed by atoms with E-state index in [0.717, 1.165) is 35.8 Å². The minimum Gasteiger partial charge on any atom is -0.494 e. The number of ether oxygens (including phenoxy) is 1. The molecule has 0 aliphatic heterocycles. The Bertz CT molecular complexity index is 614. The molecule has 0 unspecified atom stereocenters. The number of aromatic carboxylic acids is 1. The summed E-state index contributed by atoms with van der Waals surface area (Å²) in [6.45, 7) is 5.23. The first-order valence-electron chi connectivity index (χ1n) is 8.16. The van der Waals surface area contributed by atoms with E-state index in [2.05, 4.69) is 13.8 Å². The predicted molar refractivity (Wildman–Crippen MR) is 93.0 cm³/mol. The van der Waals surface area contributed by atoms with E-state index in [-0.39, 0.29) is 0 Å². The topological polar surface area (TPSA) is 46.5 Å². The van der Waals surface area contributed by atoms with Crippen molar-refractivity contribution < 1.29 is 14.6 Å². The van der Waals surface area contributed by atoms with Gasteiger partial charge in [-0.15, -0.1) is 0 Å². The first-order chi connectivity index (χ1) is 11.1. The molecule has 0 fully saturated rings. The summed E-state index contributed by atoms with van der Waals surface area (Å²) in [5.41, 5.74) is 2.35. The molecular weight excluding hydrogens is 288 g/mol. The molecule has 0 radical (unpaired) electrons. The lowest BCUT2D eigenvalue weighted by Gasteiger charge is -2.10. The second-order valence-corrected chi connectivity index (χ2v) is 5.91. The van der Waals surface area contributed by atoms with Gasteiger partial charge >= 0.3 is 5.97 Å². The molecule has 0 spiro atoms. The molecule has 23 heavy (non-hydrogen) atoms. The van der Waals surface area contributed by atoms with E-state index in [1.165, 1.54) is 12.8 Å². The van der Waals surface area contributed by atoms with Crippen LogP contribution < -0.4 is 4.74 Å². The van der Waals surface area contributed by atoms with E-state index in [0.29, 0.717) is 5.56 Å². The number of hydrogen-bond donors (Lipinski definition) is 1. The molecule has 0 bridgehead atoms. The average Bonchev–Trinajstić information content (AvgIpc) is 2.59. The molecule has 122 valence electrons. The fourth-order valence-corrected chi connectivity index (χ4v) is 2.37. The SMILES string of the molecule is CC[C@H](C)CCCOc1ccc(-c2ccc(C(=O)O)cc2)cc1. The maximum atomic E-state index is 10.9. The van der Waals surface area contributed by atoms with Crippen LogP contribution in [0, 0.1) is 5.92 Å². The van der Waals surface area contributed by atoms with Gasteiger partial charge in [0.2, 0.25) is 0 Å². The van der Waals surface area contributed by atoms with Crippen LogP contribution in [0.15, 0.2) is 48.5 Å². The molecule has 3 heteroatoms. The van der Waals surface area contributed by atoms with Crippen LogP contribution in [0.2, 0.25) is 0 Å². The van der Waals surface area contributed by atoms with Gasteiger partial charge in [0.05, 0.1) is 12.2 Å². The van der Waals surface area contributed by atoms with Gasteiger partial charge in [0.15, 0.2) is 0 Å². The summed E-state index contributed by atoms with van der Waals surface area (Å²) >= 11 is 0. The summed E-state index contributed by atoms with van der Waals surface area (Å²) in [6.07, 6.45) is 3.49. The average molecular weight is 312 g/mol. The van der Waals surface area contributed by atoms with E-state index >= 15 is 0 Å². The highest BCUT2D eigenvalue weighted by Gasteiger charge is 2.04. The van der Waals surface area contributed by atoms with E-state index in [9.17, 15) is 4.79 Å². The van der Waals surface area contributed by atoms with E-state index in [1.807, 2.05) is 36.4 Å². The zero-order chi connectivity index (χ0) is 16.7. The van der Waals surface area contributed by atoms with Crippen LogP contribution in [0.25, 0.3) is 11.1 Å². The highest BCUT2D eigenvalue weighted by Crippen LogP contribution is 2.23. The maximum Gasteiger partial charge on any atom is 0.335 e. The molecule has 2 aromatic carbocycles. The fraction of sp³-hybridized carbons (Fsp3) is 0.350. The van der Waals surface area contributed by atoms with E-state index < -0.39 is 5.97 Å². The number of carbonyl (C=O) groups is 1. The Hall–Kier alpha value is -2.29. The lowest BCUT2D eigenvalue weighted by Crippen LogP contribution is -2.00. The second-order valence-electron chi connectivity index (χ2n) is 5.91. The van der Waals surface area contributed by atoms with Gasteiger partial charge in [-0.25, -0.2) is 4.79 Å². The van der Waals surface area contributed by atoms with Crippen LogP contribution >= 0.6 is 0 Å². The molecule has 0 saturated heterocycles. The Morgan fingerprint density at radius 3 is 2.13 bits per heavy atom. The summed E-state index contributed by atoms with van der Waals surface area (Å²) in [4.78, 5) is 10.9. The van der Waals surface area contributed by atoms with Crippen molar-refractivity contribution in [2.24, 2.45) is 5.92 Å². The highest BCUT2D eigenvalue weighted by atomic mass is 16.5. The maximum absolute atomic E-state index is 10.9. The standard InChI is InChI=1S/C20H24O3/c1-3-15(2)5-4-14-23-19-12-10-17(11-13-19)16-6-8-18(9-7-16)20(21)22/h6-13,15H,3-5,14H2,1-2H3,(H,21,22)/t15-/m0/s1. The summed E-state index contributed by atoms with van der Waals surface area (Å²) in [6, 6.07) is 14.8. The molecule has 1 atom stereocenters. The molecular formula is C20H24O3. The molecule has 0 aliphatic rings. The van der Waals surface area contributed by atoms with Crippen LogP contribution in [-0.4, -0.2) is 17.7 Å². The third kappa shape index (κ3) is 5.13. The van der Waals surface area contributed by atoms with Gasteiger partial charge in [-0.1, -0.05) is 44.5 Å². The molecule has 0 saturated carbocycles. The Labute approximate surface area is 137 Å². The van der Waals surface area contributed by atoms with Gasteiger partial charge in [-0.3, -0.25) is 0 Å². The molecule has 0 heterocycles. The zero-order valence-corrected chi connectivity index (χ0v) is 13.8. The fourth-order valence-electron chi connectivity index (χ4n) is 2.37. The Balaban J connectivity index is 1.90. The summed E-state index contributed by atoms with van der Waals surface area (Å²) in [5, 5.41) is 8.92. The van der Waals surface area contributed by atoms with Crippen molar-refractivity contribution in [3.8, 4) is 16.9 Å². The Kier molecular flexibility index (Phi) is 6.21. The Morgan fingerprint density at radius 2 is 1.61 bits per heavy atom. The second kappa shape index (κ2) is 8.37. The van der Waals surface area contributed by atoms with Gasteiger partial charge in [0.1, 0.15) is 5.75 Å². The smallest absolute Gasteiger partial charge is 0.335 e. The monoisotopic (exact) mass is 312 g/mol. The van der Waals surface area contributed by atoms with Crippen LogP contribution in [0.5, 0.6) is 5.75 Å². The van der Waals surface area contributed by atoms with Crippen LogP contribution in [0.1, 0.15) is 43.5 Å². The molecule has 1 N–H and O–H groups in total. The van der Waals surface area contributed by atoms with Crippen molar-refractivity contribution in [3.05, 3.63) is 54.1 Å². The van der Waals surface area contributed by atoms with Crippen LogP contribution in [0.4, 0.5) is 0 Å². The molecule has 2 rings (SSSR count). The molecule has 3 nitrogen and oxygen atoms in total. The first kappa shape index (κ1) is 17.1. The summed E-state index contributed by atoms with van der Waals surface area (Å²) in [5.74, 6) is 0.729. The van der Waals surface area contributed by atoms with Crippen molar-refractivity contribution in [2.75, 3.05) is 6.61 Å². The van der Waals surface area contributed by atoms with Gasteiger partial charge in [0.25, 0.3) is 0 Å². The normalized spacial score (nSPS) is 11.9. The van der Waals surface area contributed by atoms with Gasteiger partial charge in [-0.2, -0.15) is 0 Å². The molecule has 0 amide bonds. The molecule has 0 aromatic heterocycles. The highest BCUT2D eigenvalue weighted by molar-refractivity contribution is 5.88. The van der Waals surface area contributed by atoms with Gasteiger partial charge in [0, 0.05) is 0 Å². The van der Waals surface area contributed by atoms with Crippen molar-refractivity contribution in [1.82, 2.24) is 0 Å². The summed E-state index contributed by atoms with van der Waals surface area (Å²) < 4.78 is 5.76. The van der Waals surface area contributed by atoms with Crippen molar-refractivity contribution in [2.45, 2.75) is 33.1 Å². The summed E-state index contributed by atoms with van der Waals surface area (Å²) in [7, 11) is 0. The van der Waals surface area contributed by atoms with E-state index in [4.69, 9.17) is 9.84 Å². The van der Waals surface area contributed by atoms with Gasteiger partial charge < -0.3 is 9.84 Å². The van der Waals surface area contributed by atoms with E-state index in [1.54, 1.807) is 12.1 Å². The van der Waals surface area contributed by atoms with Crippen molar-refractivity contribution in [1.29, 1.82) is 0 Å². The number of carboxylic acids is 1. The van der Waals surface area contributed by atoms with Crippen molar-refractivity contribution in [3.63, 3.8) is 0 Å². The van der Waals surface area contributed by atoms with Gasteiger partial charge in [-0.05, 0) is 54.2 Å².